The number of aryl methyl sites for hydroxylation is 1. The van der Waals surface area contributed by atoms with E-state index in [0.717, 1.165) is 37.5 Å². The number of hydrogen-bond acceptors (Lipinski definition) is 4. The molecule has 0 amide bonds. The van der Waals surface area contributed by atoms with Crippen LogP contribution in [0.5, 0.6) is 0 Å². The van der Waals surface area contributed by atoms with Crippen molar-refractivity contribution in [2.45, 2.75) is 45.1 Å². The third kappa shape index (κ3) is 2.61. The Balaban J connectivity index is 1.75. The second-order valence-corrected chi connectivity index (χ2v) is 5.50. The summed E-state index contributed by atoms with van der Waals surface area (Å²) in [6.45, 7) is 5.20. The summed E-state index contributed by atoms with van der Waals surface area (Å²) in [6, 6.07) is 8.93. The summed E-state index contributed by atoms with van der Waals surface area (Å²) in [6.07, 6.45) is 2.98. The Morgan fingerprint density at radius 1 is 1.40 bits per heavy atom. The first kappa shape index (κ1) is 13.3. The maximum absolute atomic E-state index is 5.41. The lowest BCUT2D eigenvalue weighted by atomic mass is 10.0. The van der Waals surface area contributed by atoms with Crippen molar-refractivity contribution in [2.75, 3.05) is 6.54 Å². The minimum atomic E-state index is 0.304. The minimum absolute atomic E-state index is 0.304. The second-order valence-electron chi connectivity index (χ2n) is 5.50. The van der Waals surface area contributed by atoms with Crippen LogP contribution in [-0.4, -0.2) is 22.7 Å². The number of likely N-dealkylation sites (N-methyl/N-ethyl adjacent to an activating group) is 1. The number of rotatable bonds is 5. The monoisotopic (exact) mass is 271 g/mol. The largest absolute Gasteiger partial charge is 0.339 e. The van der Waals surface area contributed by atoms with Crippen molar-refractivity contribution in [1.82, 2.24) is 15.5 Å². The van der Waals surface area contributed by atoms with Crippen LogP contribution >= 0.6 is 0 Å². The Kier molecular flexibility index (Phi) is 3.83. The zero-order valence-electron chi connectivity index (χ0n) is 12.1. The molecule has 1 aliphatic rings. The van der Waals surface area contributed by atoms with Gasteiger partial charge in [0.05, 0.1) is 0 Å². The lowest BCUT2D eigenvalue weighted by molar-refractivity contribution is 0.357. The third-order valence-electron chi connectivity index (χ3n) is 3.96. The topological polar surface area (TPSA) is 51.0 Å². The van der Waals surface area contributed by atoms with Crippen LogP contribution in [-0.2, 0) is 12.8 Å². The number of hydrogen-bond donors (Lipinski definition) is 1. The van der Waals surface area contributed by atoms with E-state index in [4.69, 9.17) is 4.52 Å². The van der Waals surface area contributed by atoms with Gasteiger partial charge in [0, 0.05) is 18.4 Å². The van der Waals surface area contributed by atoms with E-state index < -0.39 is 0 Å². The molecule has 4 nitrogen and oxygen atoms in total. The van der Waals surface area contributed by atoms with Crippen molar-refractivity contribution in [1.29, 1.82) is 0 Å². The summed E-state index contributed by atoms with van der Waals surface area (Å²) in [5.41, 5.74) is 2.78. The molecule has 1 aromatic carbocycles. The molecule has 2 atom stereocenters. The minimum Gasteiger partial charge on any atom is -0.339 e. The predicted octanol–water partition coefficient (Wildman–Crippen LogP) is 2.69. The fourth-order valence-corrected chi connectivity index (χ4v) is 3.00. The molecule has 2 aromatic rings. The molecule has 4 heteroatoms. The van der Waals surface area contributed by atoms with Gasteiger partial charge in [-0.15, -0.1) is 0 Å². The van der Waals surface area contributed by atoms with Crippen LogP contribution in [0, 0.1) is 0 Å². The normalized spacial score (nSPS) is 19.0. The lowest BCUT2D eigenvalue weighted by Crippen LogP contribution is -2.27. The Labute approximate surface area is 119 Å². The van der Waals surface area contributed by atoms with Crippen LogP contribution in [0.4, 0.5) is 0 Å². The molecule has 1 N–H and O–H groups in total. The molecular weight excluding hydrogens is 250 g/mol. The summed E-state index contributed by atoms with van der Waals surface area (Å²) in [5.74, 6) is 1.88. The Bertz CT molecular complexity index is 579. The highest BCUT2D eigenvalue weighted by molar-refractivity contribution is 5.38. The van der Waals surface area contributed by atoms with Gasteiger partial charge in [-0.05, 0) is 37.4 Å². The molecule has 0 radical (unpaired) electrons. The summed E-state index contributed by atoms with van der Waals surface area (Å²) in [5, 5.41) is 7.56. The number of benzene rings is 1. The van der Waals surface area contributed by atoms with Crippen molar-refractivity contribution in [3.05, 3.63) is 47.1 Å². The molecule has 1 aromatic heterocycles. The SMILES string of the molecule is CCNC(C)Cc1nc(C2CCc3ccccc32)no1. The number of fused-ring (bicyclic) bond motifs is 1. The highest BCUT2D eigenvalue weighted by Gasteiger charge is 2.27. The maximum Gasteiger partial charge on any atom is 0.228 e. The molecule has 20 heavy (non-hydrogen) atoms. The average Bonchev–Trinajstić information content (AvgIpc) is 3.05. The molecule has 0 saturated heterocycles. The van der Waals surface area contributed by atoms with E-state index in [9.17, 15) is 0 Å². The molecule has 0 saturated carbocycles. The summed E-state index contributed by atoms with van der Waals surface area (Å²) in [7, 11) is 0. The van der Waals surface area contributed by atoms with Crippen molar-refractivity contribution < 1.29 is 4.52 Å². The van der Waals surface area contributed by atoms with E-state index in [-0.39, 0.29) is 0 Å². The van der Waals surface area contributed by atoms with E-state index in [1.54, 1.807) is 0 Å². The quantitative estimate of drug-likeness (QED) is 0.908. The van der Waals surface area contributed by atoms with Gasteiger partial charge in [0.1, 0.15) is 0 Å². The van der Waals surface area contributed by atoms with E-state index in [0.29, 0.717) is 12.0 Å². The second kappa shape index (κ2) is 5.75. The average molecular weight is 271 g/mol. The van der Waals surface area contributed by atoms with Gasteiger partial charge in [-0.25, -0.2) is 0 Å². The fraction of sp³-hybridized carbons (Fsp3) is 0.500. The maximum atomic E-state index is 5.41. The van der Waals surface area contributed by atoms with Gasteiger partial charge >= 0.3 is 0 Å². The Morgan fingerprint density at radius 3 is 3.10 bits per heavy atom. The van der Waals surface area contributed by atoms with E-state index in [2.05, 4.69) is 53.6 Å². The van der Waals surface area contributed by atoms with E-state index in [1.807, 2.05) is 0 Å². The molecule has 3 rings (SSSR count). The van der Waals surface area contributed by atoms with Crippen molar-refractivity contribution in [3.63, 3.8) is 0 Å². The van der Waals surface area contributed by atoms with Gasteiger partial charge in [0.25, 0.3) is 0 Å². The summed E-state index contributed by atoms with van der Waals surface area (Å²) >= 11 is 0. The van der Waals surface area contributed by atoms with Gasteiger partial charge in [-0.1, -0.05) is 36.3 Å². The third-order valence-corrected chi connectivity index (χ3v) is 3.96. The van der Waals surface area contributed by atoms with Crippen molar-refractivity contribution in [2.24, 2.45) is 0 Å². The first-order valence-corrected chi connectivity index (χ1v) is 7.41. The Morgan fingerprint density at radius 2 is 2.25 bits per heavy atom. The number of nitrogens with one attached hydrogen (secondary N) is 1. The zero-order valence-corrected chi connectivity index (χ0v) is 12.1. The molecule has 0 bridgehead atoms. The van der Waals surface area contributed by atoms with Crippen LogP contribution in [0.15, 0.2) is 28.8 Å². The predicted molar refractivity (Wildman–Crippen MR) is 77.7 cm³/mol. The van der Waals surface area contributed by atoms with Crippen LogP contribution in [0.25, 0.3) is 0 Å². The van der Waals surface area contributed by atoms with E-state index >= 15 is 0 Å². The van der Waals surface area contributed by atoms with Crippen LogP contribution in [0.1, 0.15) is 49.0 Å². The summed E-state index contributed by atoms with van der Waals surface area (Å²) in [4.78, 5) is 4.60. The number of nitrogens with zero attached hydrogens (tertiary/aromatic N) is 2. The molecule has 0 spiro atoms. The molecule has 2 unspecified atom stereocenters. The smallest absolute Gasteiger partial charge is 0.228 e. The van der Waals surface area contributed by atoms with Crippen molar-refractivity contribution in [3.8, 4) is 0 Å². The molecule has 0 fully saturated rings. The molecule has 0 aliphatic heterocycles. The van der Waals surface area contributed by atoms with Gasteiger partial charge in [-0.2, -0.15) is 4.98 Å². The van der Waals surface area contributed by atoms with Crippen molar-refractivity contribution >= 4 is 0 Å². The zero-order chi connectivity index (χ0) is 13.9. The molecular formula is C16H21N3O. The van der Waals surface area contributed by atoms with Crippen LogP contribution < -0.4 is 5.32 Å². The highest BCUT2D eigenvalue weighted by atomic mass is 16.5. The summed E-state index contributed by atoms with van der Waals surface area (Å²) < 4.78 is 5.41. The van der Waals surface area contributed by atoms with Gasteiger partial charge < -0.3 is 9.84 Å². The highest BCUT2D eigenvalue weighted by Crippen LogP contribution is 2.36. The first-order chi connectivity index (χ1) is 9.78. The van der Waals surface area contributed by atoms with E-state index in [1.165, 1.54) is 11.1 Å². The standard InChI is InChI=1S/C16H21N3O/c1-3-17-11(2)10-15-18-16(19-20-15)14-9-8-12-6-4-5-7-13(12)14/h4-7,11,14,17H,3,8-10H2,1-2H3. The number of aromatic nitrogens is 2. The fourth-order valence-electron chi connectivity index (χ4n) is 3.00. The van der Waals surface area contributed by atoms with Gasteiger partial charge in [0.2, 0.25) is 5.89 Å². The molecule has 106 valence electrons. The van der Waals surface area contributed by atoms with Crippen LogP contribution in [0.2, 0.25) is 0 Å². The molecule has 1 aliphatic carbocycles. The van der Waals surface area contributed by atoms with Crippen LogP contribution in [0.3, 0.4) is 0 Å². The lowest BCUT2D eigenvalue weighted by Gasteiger charge is -2.08. The molecule has 1 heterocycles. The first-order valence-electron chi connectivity index (χ1n) is 7.41. The van der Waals surface area contributed by atoms with Gasteiger partial charge in [0.15, 0.2) is 5.82 Å². The Hall–Kier alpha value is -1.68. The van der Waals surface area contributed by atoms with Gasteiger partial charge in [-0.3, -0.25) is 0 Å².